The number of nitrogens with zero attached hydrogens (tertiary/aromatic N) is 2. The second kappa shape index (κ2) is 4.92. The first-order chi connectivity index (χ1) is 7.25. The molecule has 0 aromatic carbocycles. The van der Waals surface area contributed by atoms with E-state index in [9.17, 15) is 0 Å². The molecule has 0 saturated heterocycles. The first-order valence-electron chi connectivity index (χ1n) is 5.41. The molecule has 0 aliphatic heterocycles. The van der Waals surface area contributed by atoms with Crippen LogP contribution in [-0.2, 0) is 0 Å². The van der Waals surface area contributed by atoms with E-state index in [0.717, 1.165) is 23.1 Å². The van der Waals surface area contributed by atoms with Crippen LogP contribution in [0.4, 0.5) is 0 Å². The van der Waals surface area contributed by atoms with Gasteiger partial charge in [-0.1, -0.05) is 6.42 Å². The number of ether oxygens (including phenoxy) is 1. The van der Waals surface area contributed by atoms with Crippen molar-refractivity contribution in [3.63, 3.8) is 0 Å². The van der Waals surface area contributed by atoms with Crippen LogP contribution in [0.1, 0.15) is 37.9 Å². The van der Waals surface area contributed by atoms with Crippen LogP contribution >= 0.6 is 15.9 Å². The minimum atomic E-state index is 0.337. The summed E-state index contributed by atoms with van der Waals surface area (Å²) in [5.74, 6) is 1.44. The van der Waals surface area contributed by atoms with Crippen LogP contribution in [0, 0.1) is 6.92 Å². The number of halogens is 1. The standard InChI is InChI=1S/C11H15BrN2O/c1-8-13-7-10(12)11(14-8)15-9-5-3-2-4-6-9/h7,9H,2-6H2,1H3. The van der Waals surface area contributed by atoms with Crippen LogP contribution in [0.5, 0.6) is 5.88 Å². The van der Waals surface area contributed by atoms with E-state index < -0.39 is 0 Å². The molecule has 2 rings (SSSR count). The third-order valence-corrected chi connectivity index (χ3v) is 3.21. The molecule has 1 aromatic heterocycles. The van der Waals surface area contributed by atoms with Gasteiger partial charge in [0.15, 0.2) is 0 Å². The molecule has 1 aliphatic rings. The topological polar surface area (TPSA) is 35.0 Å². The lowest BCUT2D eigenvalue weighted by Crippen LogP contribution is -2.20. The van der Waals surface area contributed by atoms with Gasteiger partial charge in [0.25, 0.3) is 0 Å². The quantitative estimate of drug-likeness (QED) is 0.828. The molecule has 1 aromatic rings. The van der Waals surface area contributed by atoms with Gasteiger partial charge in [0, 0.05) is 6.20 Å². The maximum atomic E-state index is 5.87. The van der Waals surface area contributed by atoms with Gasteiger partial charge >= 0.3 is 0 Å². The van der Waals surface area contributed by atoms with Crippen LogP contribution < -0.4 is 4.74 Å². The largest absolute Gasteiger partial charge is 0.473 e. The van der Waals surface area contributed by atoms with E-state index in [1.807, 2.05) is 6.92 Å². The monoisotopic (exact) mass is 270 g/mol. The Morgan fingerprint density at radius 2 is 2.07 bits per heavy atom. The van der Waals surface area contributed by atoms with Gasteiger partial charge in [-0.05, 0) is 48.5 Å². The Morgan fingerprint density at radius 3 is 2.80 bits per heavy atom. The maximum Gasteiger partial charge on any atom is 0.231 e. The van der Waals surface area contributed by atoms with Gasteiger partial charge < -0.3 is 4.74 Å². The first-order valence-corrected chi connectivity index (χ1v) is 6.21. The molecular formula is C11H15BrN2O. The fraction of sp³-hybridized carbons (Fsp3) is 0.636. The van der Waals surface area contributed by atoms with Gasteiger partial charge in [0.05, 0.1) is 4.47 Å². The Balaban J connectivity index is 2.05. The van der Waals surface area contributed by atoms with Crippen molar-refractivity contribution in [3.05, 3.63) is 16.5 Å². The molecule has 3 nitrogen and oxygen atoms in total. The Labute approximate surface area is 98.4 Å². The number of hydrogen-bond acceptors (Lipinski definition) is 3. The molecule has 0 N–H and O–H groups in total. The summed E-state index contributed by atoms with van der Waals surface area (Å²) in [5, 5.41) is 0. The molecule has 0 radical (unpaired) electrons. The average molecular weight is 271 g/mol. The highest BCUT2D eigenvalue weighted by Crippen LogP contribution is 2.26. The molecule has 0 unspecified atom stereocenters. The lowest BCUT2D eigenvalue weighted by molar-refractivity contribution is 0.147. The smallest absolute Gasteiger partial charge is 0.231 e. The minimum Gasteiger partial charge on any atom is -0.473 e. The van der Waals surface area contributed by atoms with Crippen molar-refractivity contribution in [2.24, 2.45) is 0 Å². The third kappa shape index (κ3) is 2.91. The summed E-state index contributed by atoms with van der Waals surface area (Å²) >= 11 is 3.41. The predicted molar refractivity (Wildman–Crippen MR) is 62.0 cm³/mol. The zero-order chi connectivity index (χ0) is 10.7. The molecule has 4 heteroatoms. The van der Waals surface area contributed by atoms with Crippen molar-refractivity contribution in [2.45, 2.75) is 45.1 Å². The average Bonchev–Trinajstić information content (AvgIpc) is 2.25. The highest BCUT2D eigenvalue weighted by atomic mass is 79.9. The summed E-state index contributed by atoms with van der Waals surface area (Å²) in [5.41, 5.74) is 0. The number of aryl methyl sites for hydroxylation is 1. The van der Waals surface area contributed by atoms with Crippen molar-refractivity contribution in [1.82, 2.24) is 9.97 Å². The molecule has 82 valence electrons. The van der Waals surface area contributed by atoms with Crippen molar-refractivity contribution >= 4 is 15.9 Å². The molecule has 1 aliphatic carbocycles. The minimum absolute atomic E-state index is 0.337. The number of rotatable bonds is 2. The Bertz CT molecular complexity index is 337. The molecule has 1 fully saturated rings. The van der Waals surface area contributed by atoms with Crippen LogP contribution in [0.15, 0.2) is 10.7 Å². The SMILES string of the molecule is Cc1ncc(Br)c(OC2CCCCC2)n1. The molecule has 0 amide bonds. The highest BCUT2D eigenvalue weighted by molar-refractivity contribution is 9.10. The summed E-state index contributed by atoms with van der Waals surface area (Å²) in [4.78, 5) is 8.38. The summed E-state index contributed by atoms with van der Waals surface area (Å²) in [7, 11) is 0. The molecule has 1 heterocycles. The third-order valence-electron chi connectivity index (χ3n) is 2.66. The number of aromatic nitrogens is 2. The summed E-state index contributed by atoms with van der Waals surface area (Å²) in [6.07, 6.45) is 8.26. The molecule has 0 spiro atoms. The van der Waals surface area contributed by atoms with E-state index in [-0.39, 0.29) is 0 Å². The van der Waals surface area contributed by atoms with E-state index in [0.29, 0.717) is 12.0 Å². The van der Waals surface area contributed by atoms with E-state index in [4.69, 9.17) is 4.74 Å². The van der Waals surface area contributed by atoms with Crippen LogP contribution in [0.25, 0.3) is 0 Å². The Hall–Kier alpha value is -0.640. The summed E-state index contributed by atoms with van der Waals surface area (Å²) in [6.45, 7) is 1.88. The van der Waals surface area contributed by atoms with Crippen molar-refractivity contribution in [2.75, 3.05) is 0 Å². The van der Waals surface area contributed by atoms with E-state index in [1.54, 1.807) is 6.20 Å². The van der Waals surface area contributed by atoms with Crippen molar-refractivity contribution in [1.29, 1.82) is 0 Å². The fourth-order valence-electron chi connectivity index (χ4n) is 1.86. The lowest BCUT2D eigenvalue weighted by Gasteiger charge is -2.22. The van der Waals surface area contributed by atoms with Gasteiger partial charge in [-0.2, -0.15) is 4.98 Å². The molecule has 1 saturated carbocycles. The van der Waals surface area contributed by atoms with E-state index in [1.165, 1.54) is 19.3 Å². The number of hydrogen-bond donors (Lipinski definition) is 0. The molecule has 15 heavy (non-hydrogen) atoms. The van der Waals surface area contributed by atoms with E-state index in [2.05, 4.69) is 25.9 Å². The highest BCUT2D eigenvalue weighted by Gasteiger charge is 2.16. The fourth-order valence-corrected chi connectivity index (χ4v) is 2.14. The molecule has 0 bridgehead atoms. The molecular weight excluding hydrogens is 256 g/mol. The Kier molecular flexibility index (Phi) is 3.57. The van der Waals surface area contributed by atoms with Crippen LogP contribution in [-0.4, -0.2) is 16.1 Å². The predicted octanol–water partition coefficient (Wildman–Crippen LogP) is 3.26. The second-order valence-electron chi connectivity index (χ2n) is 3.95. The summed E-state index contributed by atoms with van der Waals surface area (Å²) in [6, 6.07) is 0. The van der Waals surface area contributed by atoms with Crippen LogP contribution in [0.2, 0.25) is 0 Å². The zero-order valence-corrected chi connectivity index (χ0v) is 10.5. The maximum absolute atomic E-state index is 5.87. The van der Waals surface area contributed by atoms with Gasteiger partial charge in [0.1, 0.15) is 11.9 Å². The molecule has 0 atom stereocenters. The summed E-state index contributed by atoms with van der Waals surface area (Å²) < 4.78 is 6.71. The van der Waals surface area contributed by atoms with Gasteiger partial charge in [-0.3, -0.25) is 0 Å². The zero-order valence-electron chi connectivity index (χ0n) is 8.87. The normalized spacial score (nSPS) is 17.7. The second-order valence-corrected chi connectivity index (χ2v) is 4.80. The van der Waals surface area contributed by atoms with E-state index >= 15 is 0 Å². The van der Waals surface area contributed by atoms with Gasteiger partial charge in [-0.25, -0.2) is 4.98 Å². The van der Waals surface area contributed by atoms with Gasteiger partial charge in [0.2, 0.25) is 5.88 Å². The van der Waals surface area contributed by atoms with Crippen molar-refractivity contribution < 1.29 is 4.74 Å². The lowest BCUT2D eigenvalue weighted by atomic mass is 9.98. The van der Waals surface area contributed by atoms with Crippen molar-refractivity contribution in [3.8, 4) is 5.88 Å². The van der Waals surface area contributed by atoms with Crippen LogP contribution in [0.3, 0.4) is 0 Å². The van der Waals surface area contributed by atoms with Gasteiger partial charge in [-0.15, -0.1) is 0 Å². The Morgan fingerprint density at radius 1 is 1.33 bits per heavy atom. The first kappa shape index (κ1) is 10.9.